The average molecular weight is 526 g/mol. The third-order valence-electron chi connectivity index (χ3n) is 4.95. The summed E-state index contributed by atoms with van der Waals surface area (Å²) >= 11 is 9.46. The third kappa shape index (κ3) is 5.16. The summed E-state index contributed by atoms with van der Waals surface area (Å²) in [6.45, 7) is 2.42. The summed E-state index contributed by atoms with van der Waals surface area (Å²) in [5.41, 5.74) is 2.89. The summed E-state index contributed by atoms with van der Waals surface area (Å²) in [6.07, 6.45) is 1.43. The Morgan fingerprint density at radius 1 is 1.03 bits per heavy atom. The zero-order chi connectivity index (χ0) is 23.5. The normalized spacial score (nSPS) is 15.1. The van der Waals surface area contributed by atoms with Gasteiger partial charge in [0.2, 0.25) is 0 Å². The van der Waals surface area contributed by atoms with Gasteiger partial charge in [-0.2, -0.15) is 0 Å². The molecule has 0 radical (unpaired) electrons. The van der Waals surface area contributed by atoms with Gasteiger partial charge in [-0.1, -0.05) is 53.6 Å². The molecular weight excluding hydrogens is 508 g/mol. The van der Waals surface area contributed by atoms with E-state index in [1.54, 1.807) is 36.4 Å². The van der Waals surface area contributed by atoms with Crippen LogP contribution < -0.4 is 15.0 Å². The Balaban J connectivity index is 1.56. The second kappa shape index (κ2) is 9.60. The number of hydrogen-bond acceptors (Lipinski definition) is 4. The molecule has 1 saturated heterocycles. The van der Waals surface area contributed by atoms with Gasteiger partial charge in [-0.15, -0.1) is 0 Å². The number of benzene rings is 3. The first-order valence-corrected chi connectivity index (χ1v) is 11.1. The molecule has 166 valence electrons. The van der Waals surface area contributed by atoms with E-state index in [1.165, 1.54) is 17.7 Å². The maximum atomic E-state index is 13.0. The number of urea groups is 1. The van der Waals surface area contributed by atoms with Gasteiger partial charge in [0.25, 0.3) is 11.8 Å². The summed E-state index contributed by atoms with van der Waals surface area (Å²) in [7, 11) is 0. The van der Waals surface area contributed by atoms with Crippen molar-refractivity contribution in [3.63, 3.8) is 0 Å². The lowest BCUT2D eigenvalue weighted by Crippen LogP contribution is -2.54. The number of carbonyl (C=O) groups is 3. The van der Waals surface area contributed by atoms with Gasteiger partial charge in [-0.25, -0.2) is 9.69 Å². The van der Waals surface area contributed by atoms with Crippen LogP contribution in [0.3, 0.4) is 0 Å². The molecule has 0 bridgehead atoms. The van der Waals surface area contributed by atoms with Crippen molar-refractivity contribution in [2.24, 2.45) is 0 Å². The first kappa shape index (κ1) is 22.8. The molecule has 0 atom stereocenters. The van der Waals surface area contributed by atoms with E-state index in [0.29, 0.717) is 27.4 Å². The number of halogens is 2. The molecule has 1 heterocycles. The van der Waals surface area contributed by atoms with Crippen LogP contribution in [0, 0.1) is 6.92 Å². The van der Waals surface area contributed by atoms with Gasteiger partial charge in [-0.05, 0) is 70.4 Å². The van der Waals surface area contributed by atoms with Gasteiger partial charge < -0.3 is 4.74 Å². The maximum absolute atomic E-state index is 13.0. The van der Waals surface area contributed by atoms with E-state index in [-0.39, 0.29) is 11.3 Å². The molecule has 3 aromatic rings. The monoisotopic (exact) mass is 524 g/mol. The quantitative estimate of drug-likeness (QED) is 0.345. The van der Waals surface area contributed by atoms with E-state index < -0.39 is 17.8 Å². The number of imide groups is 2. The van der Waals surface area contributed by atoms with Gasteiger partial charge >= 0.3 is 6.03 Å². The third-order valence-corrected chi connectivity index (χ3v) is 5.80. The van der Waals surface area contributed by atoms with E-state index in [4.69, 9.17) is 16.3 Å². The van der Waals surface area contributed by atoms with E-state index in [2.05, 4.69) is 21.2 Å². The molecule has 1 aliphatic rings. The van der Waals surface area contributed by atoms with Crippen LogP contribution in [0.2, 0.25) is 5.02 Å². The topological polar surface area (TPSA) is 75.7 Å². The van der Waals surface area contributed by atoms with Crippen molar-refractivity contribution in [3.8, 4) is 5.75 Å². The van der Waals surface area contributed by atoms with Crippen LogP contribution in [0.25, 0.3) is 6.08 Å². The van der Waals surface area contributed by atoms with Gasteiger partial charge in [0.05, 0.1) is 10.2 Å². The van der Waals surface area contributed by atoms with E-state index in [0.717, 1.165) is 10.5 Å². The second-order valence-corrected chi connectivity index (χ2v) is 8.69. The van der Waals surface area contributed by atoms with Crippen LogP contribution in [0.5, 0.6) is 5.75 Å². The number of anilines is 1. The highest BCUT2D eigenvalue weighted by Gasteiger charge is 2.36. The Bertz CT molecular complexity index is 1290. The predicted octanol–water partition coefficient (Wildman–Crippen LogP) is 5.66. The Morgan fingerprint density at radius 3 is 2.48 bits per heavy atom. The molecule has 1 aliphatic heterocycles. The van der Waals surface area contributed by atoms with Crippen LogP contribution in [-0.4, -0.2) is 17.8 Å². The van der Waals surface area contributed by atoms with Crippen molar-refractivity contribution < 1.29 is 19.1 Å². The SMILES string of the molecule is Cc1ccc(COc2ccc(/C=C3\C(=O)NC(=O)N(c4cccc(Cl)c4)C3=O)cc2Br)cc1. The van der Waals surface area contributed by atoms with Crippen molar-refractivity contribution in [2.75, 3.05) is 4.90 Å². The largest absolute Gasteiger partial charge is 0.488 e. The molecule has 4 rings (SSSR count). The number of rotatable bonds is 5. The Labute approximate surface area is 203 Å². The summed E-state index contributed by atoms with van der Waals surface area (Å²) in [5, 5.41) is 2.56. The summed E-state index contributed by atoms with van der Waals surface area (Å²) in [5.74, 6) is -0.881. The summed E-state index contributed by atoms with van der Waals surface area (Å²) in [4.78, 5) is 38.6. The first-order chi connectivity index (χ1) is 15.8. The number of carbonyl (C=O) groups excluding carboxylic acids is 3. The molecule has 1 fully saturated rings. The minimum atomic E-state index is -0.828. The van der Waals surface area contributed by atoms with Crippen molar-refractivity contribution >= 4 is 57.1 Å². The molecule has 0 aromatic heterocycles. The molecule has 6 nitrogen and oxygen atoms in total. The van der Waals surface area contributed by atoms with Gasteiger partial charge in [-0.3, -0.25) is 14.9 Å². The average Bonchev–Trinajstić information content (AvgIpc) is 2.77. The van der Waals surface area contributed by atoms with Gasteiger partial charge in [0.1, 0.15) is 17.9 Å². The fourth-order valence-corrected chi connectivity index (χ4v) is 3.94. The fraction of sp³-hybridized carbons (Fsp3) is 0.0800. The maximum Gasteiger partial charge on any atom is 0.335 e. The van der Waals surface area contributed by atoms with E-state index >= 15 is 0 Å². The standard InChI is InChI=1S/C25H18BrClN2O4/c1-15-5-7-16(8-6-15)14-33-22-10-9-17(12-21(22)26)11-20-23(30)28-25(32)29(24(20)31)19-4-2-3-18(27)13-19/h2-13H,14H2,1H3,(H,28,30,32)/b20-11+. The van der Waals surface area contributed by atoms with E-state index in [9.17, 15) is 14.4 Å². The summed E-state index contributed by atoms with van der Waals surface area (Å²) < 4.78 is 6.53. The van der Waals surface area contributed by atoms with Crippen LogP contribution >= 0.6 is 27.5 Å². The Kier molecular flexibility index (Phi) is 6.62. The smallest absolute Gasteiger partial charge is 0.335 e. The predicted molar refractivity (Wildman–Crippen MR) is 130 cm³/mol. The van der Waals surface area contributed by atoms with Crippen LogP contribution in [-0.2, 0) is 16.2 Å². The number of amides is 4. The van der Waals surface area contributed by atoms with Crippen LogP contribution in [0.1, 0.15) is 16.7 Å². The number of barbiturate groups is 1. The van der Waals surface area contributed by atoms with Crippen molar-refractivity contribution in [3.05, 3.63) is 98.5 Å². The number of hydrogen-bond donors (Lipinski definition) is 1. The number of ether oxygens (including phenoxy) is 1. The zero-order valence-corrected chi connectivity index (χ0v) is 19.8. The van der Waals surface area contributed by atoms with Gasteiger partial charge in [0.15, 0.2) is 0 Å². The van der Waals surface area contributed by atoms with Gasteiger partial charge in [0, 0.05) is 5.02 Å². The van der Waals surface area contributed by atoms with Crippen LogP contribution in [0.4, 0.5) is 10.5 Å². The lowest BCUT2D eigenvalue weighted by molar-refractivity contribution is -0.122. The molecule has 1 N–H and O–H groups in total. The van der Waals surface area contributed by atoms with Crippen molar-refractivity contribution in [1.29, 1.82) is 0 Å². The molecule has 0 spiro atoms. The molecule has 0 saturated carbocycles. The Morgan fingerprint density at radius 2 is 1.79 bits per heavy atom. The first-order valence-electron chi connectivity index (χ1n) is 9.97. The highest BCUT2D eigenvalue weighted by atomic mass is 79.9. The lowest BCUT2D eigenvalue weighted by Gasteiger charge is -2.26. The molecule has 3 aromatic carbocycles. The lowest BCUT2D eigenvalue weighted by atomic mass is 10.1. The number of aryl methyl sites for hydroxylation is 1. The molecule has 0 unspecified atom stereocenters. The highest BCUT2D eigenvalue weighted by molar-refractivity contribution is 9.10. The number of nitrogens with zero attached hydrogens (tertiary/aromatic N) is 1. The molecule has 4 amide bonds. The highest BCUT2D eigenvalue weighted by Crippen LogP contribution is 2.29. The Hall–Kier alpha value is -3.42. The second-order valence-electron chi connectivity index (χ2n) is 7.40. The summed E-state index contributed by atoms with van der Waals surface area (Å²) in [6, 6.07) is 18.7. The minimum absolute atomic E-state index is 0.171. The fourth-order valence-electron chi connectivity index (χ4n) is 3.24. The van der Waals surface area contributed by atoms with Crippen LogP contribution in [0.15, 0.2) is 76.8 Å². The molecule has 8 heteroatoms. The molecular formula is C25H18BrClN2O4. The number of nitrogens with one attached hydrogen (secondary N) is 1. The van der Waals surface area contributed by atoms with E-state index in [1.807, 2.05) is 31.2 Å². The van der Waals surface area contributed by atoms with Crippen molar-refractivity contribution in [2.45, 2.75) is 13.5 Å². The zero-order valence-electron chi connectivity index (χ0n) is 17.5. The molecule has 33 heavy (non-hydrogen) atoms. The molecule has 0 aliphatic carbocycles. The minimum Gasteiger partial charge on any atom is -0.488 e. The van der Waals surface area contributed by atoms with Crippen molar-refractivity contribution in [1.82, 2.24) is 5.32 Å².